The average Bonchev–Trinajstić information content (AvgIpc) is 2.62. The van der Waals surface area contributed by atoms with E-state index in [-0.39, 0.29) is 11.8 Å². The topological polar surface area (TPSA) is 66.0 Å². The highest BCUT2D eigenvalue weighted by Gasteiger charge is 2.39. The van der Waals surface area contributed by atoms with Crippen LogP contribution in [0.2, 0.25) is 6.04 Å². The lowest BCUT2D eigenvalue weighted by atomic mass is 9.97. The molecule has 0 aromatic heterocycles. The molecule has 0 aliphatic carbocycles. The molecule has 0 saturated carbocycles. The number of nitrogens with one attached hydrogen (secondary N) is 1. The third-order valence-electron chi connectivity index (χ3n) is 4.02. The van der Waals surface area contributed by atoms with Crippen LogP contribution in [0.1, 0.15) is 59.8 Å². The zero-order chi connectivity index (χ0) is 19.7. The van der Waals surface area contributed by atoms with Crippen molar-refractivity contribution in [2.24, 2.45) is 5.92 Å². The quantitative estimate of drug-likeness (QED) is 0.286. The van der Waals surface area contributed by atoms with Gasteiger partial charge in [0.2, 0.25) is 5.91 Å². The molecule has 0 saturated heterocycles. The molecule has 0 heterocycles. The molecule has 0 aliphatic rings. The second-order valence-electron chi connectivity index (χ2n) is 6.05. The van der Waals surface area contributed by atoms with Crippen molar-refractivity contribution in [3.63, 3.8) is 0 Å². The molecular formula is C19H40NO5Si. The first kappa shape index (κ1) is 25.5. The molecular weight excluding hydrogens is 350 g/mol. The summed E-state index contributed by atoms with van der Waals surface area (Å²) in [6.07, 6.45) is 4.11. The van der Waals surface area contributed by atoms with Crippen LogP contribution in [0.5, 0.6) is 0 Å². The zero-order valence-electron chi connectivity index (χ0n) is 17.3. The van der Waals surface area contributed by atoms with Crippen LogP contribution in [0.3, 0.4) is 0 Å². The first-order valence-corrected chi connectivity index (χ1v) is 12.1. The molecule has 1 radical (unpaired) electrons. The van der Waals surface area contributed by atoms with Crippen molar-refractivity contribution >= 4 is 14.7 Å². The van der Waals surface area contributed by atoms with Gasteiger partial charge < -0.3 is 23.3 Å². The molecule has 7 heteroatoms. The third kappa shape index (κ3) is 11.3. The Balaban J connectivity index is 4.34. The number of amides is 1. The lowest BCUT2D eigenvalue weighted by molar-refractivity contribution is -0.125. The highest BCUT2D eigenvalue weighted by atomic mass is 28.4. The van der Waals surface area contributed by atoms with Crippen LogP contribution in [0.4, 0.5) is 0 Å². The molecule has 1 N–H and O–H groups in total. The Morgan fingerprint density at radius 2 is 1.58 bits per heavy atom. The maximum atomic E-state index is 12.4. The molecule has 26 heavy (non-hydrogen) atoms. The van der Waals surface area contributed by atoms with Gasteiger partial charge in [-0.15, -0.1) is 0 Å². The van der Waals surface area contributed by atoms with Crippen molar-refractivity contribution in [2.75, 3.05) is 39.6 Å². The van der Waals surface area contributed by atoms with E-state index < -0.39 is 8.80 Å². The minimum Gasteiger partial charge on any atom is -0.382 e. The molecule has 1 amide bonds. The Bertz CT molecular complexity index is 327. The van der Waals surface area contributed by atoms with Crippen molar-refractivity contribution in [1.82, 2.24) is 5.32 Å². The first-order chi connectivity index (χ1) is 12.6. The van der Waals surface area contributed by atoms with E-state index in [4.69, 9.17) is 18.0 Å². The number of rotatable bonds is 18. The van der Waals surface area contributed by atoms with Gasteiger partial charge in [0.05, 0.1) is 0 Å². The van der Waals surface area contributed by atoms with Gasteiger partial charge in [-0.05, 0) is 53.4 Å². The van der Waals surface area contributed by atoms with Crippen molar-refractivity contribution in [3.8, 4) is 0 Å². The highest BCUT2D eigenvalue weighted by Crippen LogP contribution is 2.18. The molecule has 0 rings (SSSR count). The Morgan fingerprint density at radius 1 is 0.962 bits per heavy atom. The van der Waals surface area contributed by atoms with Crippen molar-refractivity contribution in [2.45, 2.75) is 65.8 Å². The van der Waals surface area contributed by atoms with Crippen LogP contribution in [-0.4, -0.2) is 54.3 Å². The second-order valence-corrected chi connectivity index (χ2v) is 8.79. The Morgan fingerprint density at radius 3 is 2.08 bits per heavy atom. The summed E-state index contributed by atoms with van der Waals surface area (Å²) >= 11 is 0. The number of ether oxygens (including phenoxy) is 1. The molecule has 155 valence electrons. The highest BCUT2D eigenvalue weighted by molar-refractivity contribution is 6.60. The lowest BCUT2D eigenvalue weighted by Gasteiger charge is -2.28. The van der Waals surface area contributed by atoms with E-state index in [9.17, 15) is 4.79 Å². The molecule has 0 aliphatic heterocycles. The molecule has 0 fully saturated rings. The van der Waals surface area contributed by atoms with Crippen LogP contribution in [0.15, 0.2) is 0 Å². The summed E-state index contributed by atoms with van der Waals surface area (Å²) in [6, 6.07) is 0.715. The van der Waals surface area contributed by atoms with Crippen molar-refractivity contribution < 1.29 is 22.8 Å². The molecule has 6 nitrogen and oxygen atoms in total. The fraction of sp³-hybridized carbons (Fsp3) is 0.895. The SMILES string of the molecule is [CH2]CCC(CCCOCC)C(=O)NCCC[Si](OCC)(OCC)OCC. The van der Waals surface area contributed by atoms with Gasteiger partial charge in [-0.2, -0.15) is 0 Å². The van der Waals surface area contributed by atoms with E-state index in [0.29, 0.717) is 39.0 Å². The van der Waals surface area contributed by atoms with E-state index >= 15 is 0 Å². The van der Waals surface area contributed by atoms with Gasteiger partial charge in [-0.25, -0.2) is 0 Å². The van der Waals surface area contributed by atoms with Crippen molar-refractivity contribution in [3.05, 3.63) is 6.92 Å². The van der Waals surface area contributed by atoms with Gasteiger partial charge in [0.25, 0.3) is 0 Å². The van der Waals surface area contributed by atoms with E-state index in [0.717, 1.165) is 38.7 Å². The minimum atomic E-state index is -2.62. The van der Waals surface area contributed by atoms with Crippen LogP contribution < -0.4 is 5.32 Å². The van der Waals surface area contributed by atoms with Gasteiger partial charge in [0.1, 0.15) is 0 Å². The summed E-state index contributed by atoms with van der Waals surface area (Å²) in [6.45, 7) is 15.5. The van der Waals surface area contributed by atoms with Crippen LogP contribution >= 0.6 is 0 Å². The average molecular weight is 391 g/mol. The fourth-order valence-electron chi connectivity index (χ4n) is 2.89. The smallest absolute Gasteiger partial charge is 0.382 e. The van der Waals surface area contributed by atoms with Crippen LogP contribution in [-0.2, 0) is 22.8 Å². The number of carbonyl (C=O) groups is 1. The predicted octanol–water partition coefficient (Wildman–Crippen LogP) is 3.59. The van der Waals surface area contributed by atoms with Crippen molar-refractivity contribution in [1.29, 1.82) is 0 Å². The Labute approximate surface area is 161 Å². The molecule has 1 atom stereocenters. The monoisotopic (exact) mass is 390 g/mol. The maximum absolute atomic E-state index is 12.4. The van der Waals surface area contributed by atoms with Gasteiger partial charge in [0.15, 0.2) is 0 Å². The zero-order valence-corrected chi connectivity index (χ0v) is 18.3. The van der Waals surface area contributed by atoms with E-state index in [1.807, 2.05) is 27.7 Å². The number of carbonyl (C=O) groups excluding carboxylic acids is 1. The molecule has 0 bridgehead atoms. The van der Waals surface area contributed by atoms with Gasteiger partial charge >= 0.3 is 8.80 Å². The molecule has 0 spiro atoms. The van der Waals surface area contributed by atoms with E-state index in [1.165, 1.54) is 0 Å². The van der Waals surface area contributed by atoms with Crippen LogP contribution in [0, 0.1) is 12.8 Å². The third-order valence-corrected chi connectivity index (χ3v) is 7.17. The first-order valence-electron chi connectivity index (χ1n) is 10.2. The summed E-state index contributed by atoms with van der Waals surface area (Å²) in [5.74, 6) is 0.127. The summed E-state index contributed by atoms with van der Waals surface area (Å²) in [5, 5.41) is 3.06. The molecule has 1 unspecified atom stereocenters. The Hall–Kier alpha value is -0.473. The standard InChI is InChI=1S/C19H40NO5Si/c1-6-13-18(14-11-16-22-7-2)19(21)20-15-12-17-26(23-8-3,24-9-4)25-10-5/h18H,1,6-17H2,2-5H3,(H,20,21). The number of hydrogen-bond acceptors (Lipinski definition) is 5. The summed E-state index contributed by atoms with van der Waals surface area (Å²) in [7, 11) is -2.62. The second kappa shape index (κ2) is 16.7. The summed E-state index contributed by atoms with van der Waals surface area (Å²) in [5.41, 5.74) is 0. The van der Waals surface area contributed by atoms with E-state index in [2.05, 4.69) is 12.2 Å². The van der Waals surface area contributed by atoms with Gasteiger partial charge in [-0.3, -0.25) is 4.79 Å². The lowest BCUT2D eigenvalue weighted by Crippen LogP contribution is -2.46. The Kier molecular flexibility index (Phi) is 16.4. The van der Waals surface area contributed by atoms with Gasteiger partial charge in [0, 0.05) is 51.5 Å². The summed E-state index contributed by atoms with van der Waals surface area (Å²) in [4.78, 5) is 12.4. The van der Waals surface area contributed by atoms with Gasteiger partial charge in [-0.1, -0.05) is 13.3 Å². The summed E-state index contributed by atoms with van der Waals surface area (Å²) < 4.78 is 22.9. The maximum Gasteiger partial charge on any atom is 0.500 e. The van der Waals surface area contributed by atoms with E-state index in [1.54, 1.807) is 0 Å². The largest absolute Gasteiger partial charge is 0.500 e. The molecule has 0 aromatic rings. The number of hydrogen-bond donors (Lipinski definition) is 1. The van der Waals surface area contributed by atoms with Crippen LogP contribution in [0.25, 0.3) is 0 Å². The molecule has 0 aromatic carbocycles. The predicted molar refractivity (Wildman–Crippen MR) is 107 cm³/mol. The normalized spacial score (nSPS) is 13.0. The fourth-order valence-corrected chi connectivity index (χ4v) is 5.50. The minimum absolute atomic E-state index is 0.0145.